The molecule has 0 saturated carbocycles. The molecule has 0 heterocycles. The first-order valence-corrected chi connectivity index (χ1v) is 4.06. The van der Waals surface area contributed by atoms with E-state index >= 15 is 0 Å². The summed E-state index contributed by atoms with van der Waals surface area (Å²) in [7, 11) is 0. The lowest BCUT2D eigenvalue weighted by Crippen LogP contribution is -2.10. The Bertz CT molecular complexity index is 294. The van der Waals surface area contributed by atoms with Crippen molar-refractivity contribution in [1.29, 1.82) is 0 Å². The summed E-state index contributed by atoms with van der Waals surface area (Å²) in [5.74, 6) is 0.487. The highest BCUT2D eigenvalue weighted by Crippen LogP contribution is 2.15. The molecule has 1 rings (SSSR count). The monoisotopic (exact) mass is 179 g/mol. The van der Waals surface area contributed by atoms with E-state index in [1.807, 2.05) is 6.92 Å². The highest BCUT2D eigenvalue weighted by atomic mass is 16.7. The molecule has 3 nitrogen and oxygen atoms in total. The Morgan fingerprint density at radius 2 is 2.38 bits per heavy atom. The van der Waals surface area contributed by atoms with Crippen LogP contribution in [0.5, 0.6) is 5.75 Å². The molecule has 13 heavy (non-hydrogen) atoms. The zero-order valence-corrected chi connectivity index (χ0v) is 7.66. The van der Waals surface area contributed by atoms with Crippen LogP contribution in [0.25, 0.3) is 0 Å². The third kappa shape index (κ3) is 2.78. The van der Waals surface area contributed by atoms with E-state index in [2.05, 4.69) is 10.8 Å². The average Bonchev–Trinajstić information content (AvgIpc) is 2.09. The van der Waals surface area contributed by atoms with Gasteiger partial charge in [0.25, 0.3) is 0 Å². The molecule has 0 aliphatic carbocycles. The maximum atomic E-state index is 10.9. The molecule has 1 radical (unpaired) electrons. The van der Waals surface area contributed by atoms with Gasteiger partial charge in [0.2, 0.25) is 0 Å². The molecule has 0 bridgehead atoms. The van der Waals surface area contributed by atoms with Crippen molar-refractivity contribution in [2.75, 3.05) is 6.61 Å². The molecule has 0 aliphatic heterocycles. The lowest BCUT2D eigenvalue weighted by Gasteiger charge is -2.05. The largest absolute Gasteiger partial charge is 0.513 e. The molecule has 1 aromatic rings. The molecule has 0 saturated heterocycles. The lowest BCUT2D eigenvalue weighted by atomic mass is 10.2. The first-order valence-electron chi connectivity index (χ1n) is 4.06. The van der Waals surface area contributed by atoms with E-state index in [1.165, 1.54) is 0 Å². The summed E-state index contributed by atoms with van der Waals surface area (Å²) < 4.78 is 9.52. The van der Waals surface area contributed by atoms with Crippen LogP contribution in [0.2, 0.25) is 0 Å². The molecule has 0 aromatic heterocycles. The number of rotatable bonds is 2. The van der Waals surface area contributed by atoms with E-state index < -0.39 is 6.16 Å². The Balaban J connectivity index is 2.63. The Kier molecular flexibility index (Phi) is 3.31. The van der Waals surface area contributed by atoms with Crippen LogP contribution in [0.1, 0.15) is 12.5 Å². The van der Waals surface area contributed by atoms with Crippen molar-refractivity contribution in [2.45, 2.75) is 13.8 Å². The van der Waals surface area contributed by atoms with Gasteiger partial charge in [0.15, 0.2) is 0 Å². The third-order valence-electron chi connectivity index (χ3n) is 1.47. The lowest BCUT2D eigenvalue weighted by molar-refractivity contribution is 0.104. The van der Waals surface area contributed by atoms with Gasteiger partial charge in [-0.25, -0.2) is 4.79 Å². The van der Waals surface area contributed by atoms with Crippen LogP contribution in [0, 0.1) is 13.0 Å². The van der Waals surface area contributed by atoms with Crippen molar-refractivity contribution >= 4 is 6.16 Å². The first-order chi connectivity index (χ1) is 6.24. The number of ether oxygens (including phenoxy) is 2. The van der Waals surface area contributed by atoms with E-state index in [9.17, 15) is 4.79 Å². The van der Waals surface area contributed by atoms with Crippen LogP contribution >= 0.6 is 0 Å². The minimum Gasteiger partial charge on any atom is -0.434 e. The fourth-order valence-electron chi connectivity index (χ4n) is 0.852. The Hall–Kier alpha value is -1.51. The summed E-state index contributed by atoms with van der Waals surface area (Å²) in [6.45, 7) is 3.86. The van der Waals surface area contributed by atoms with Crippen LogP contribution < -0.4 is 4.74 Å². The Morgan fingerprint density at radius 1 is 1.62 bits per heavy atom. The van der Waals surface area contributed by atoms with E-state index in [1.54, 1.807) is 25.1 Å². The molecule has 1 aromatic carbocycles. The number of carbonyl (C=O) groups is 1. The van der Waals surface area contributed by atoms with Crippen molar-refractivity contribution in [1.82, 2.24) is 0 Å². The summed E-state index contributed by atoms with van der Waals surface area (Å²) in [6.07, 6.45) is -0.676. The van der Waals surface area contributed by atoms with Crippen molar-refractivity contribution in [3.63, 3.8) is 0 Å². The Labute approximate surface area is 77.3 Å². The van der Waals surface area contributed by atoms with Gasteiger partial charge in [-0.1, -0.05) is 12.1 Å². The summed E-state index contributed by atoms with van der Waals surface area (Å²) in [5.41, 5.74) is 0.788. The maximum absolute atomic E-state index is 10.9. The molecule has 0 spiro atoms. The molecular weight excluding hydrogens is 168 g/mol. The highest BCUT2D eigenvalue weighted by molar-refractivity contribution is 5.64. The van der Waals surface area contributed by atoms with Crippen LogP contribution in [0.3, 0.4) is 0 Å². The van der Waals surface area contributed by atoms with Crippen molar-refractivity contribution in [3.05, 3.63) is 29.8 Å². The van der Waals surface area contributed by atoms with Gasteiger partial charge in [-0.3, -0.25) is 0 Å². The molecule has 0 aliphatic rings. The molecular formula is C10H11O3. The molecule has 3 heteroatoms. The van der Waals surface area contributed by atoms with Gasteiger partial charge in [-0.2, -0.15) is 0 Å². The fraction of sp³-hybridized carbons (Fsp3) is 0.300. The molecule has 69 valence electrons. The van der Waals surface area contributed by atoms with Gasteiger partial charge in [0.1, 0.15) is 5.75 Å². The van der Waals surface area contributed by atoms with Crippen LogP contribution in [-0.2, 0) is 4.74 Å². The van der Waals surface area contributed by atoms with Crippen LogP contribution in [-0.4, -0.2) is 12.8 Å². The highest BCUT2D eigenvalue weighted by Gasteiger charge is 2.05. The minimum absolute atomic E-state index is 0.314. The van der Waals surface area contributed by atoms with E-state index in [4.69, 9.17) is 4.74 Å². The second kappa shape index (κ2) is 4.50. The van der Waals surface area contributed by atoms with Gasteiger partial charge in [-0.05, 0) is 31.5 Å². The summed E-state index contributed by atoms with van der Waals surface area (Å²) in [5, 5.41) is 0. The predicted octanol–water partition coefficient (Wildman–Crippen LogP) is 2.33. The number of hydrogen-bond acceptors (Lipinski definition) is 3. The standard InChI is InChI=1S/C10H11O3/c1-3-12-10(11)13-9-7-5-4-6-8(9)2/h4-5,7H,3H2,1-2H3. The summed E-state index contributed by atoms with van der Waals surface area (Å²) in [6, 6.07) is 8.12. The summed E-state index contributed by atoms with van der Waals surface area (Å²) >= 11 is 0. The number of hydrogen-bond donors (Lipinski definition) is 0. The van der Waals surface area contributed by atoms with Crippen LogP contribution in [0.4, 0.5) is 4.79 Å². The zero-order valence-electron chi connectivity index (χ0n) is 7.66. The van der Waals surface area contributed by atoms with Gasteiger partial charge in [0.05, 0.1) is 6.61 Å². The van der Waals surface area contributed by atoms with Crippen LogP contribution in [0.15, 0.2) is 18.2 Å². The zero-order chi connectivity index (χ0) is 9.68. The van der Waals surface area contributed by atoms with Crippen molar-refractivity contribution in [3.8, 4) is 5.75 Å². The average molecular weight is 179 g/mol. The third-order valence-corrected chi connectivity index (χ3v) is 1.47. The van der Waals surface area contributed by atoms with Crippen molar-refractivity contribution < 1.29 is 14.3 Å². The number of carbonyl (C=O) groups excluding carboxylic acids is 1. The first kappa shape index (κ1) is 9.58. The second-order valence-corrected chi connectivity index (χ2v) is 2.44. The predicted molar refractivity (Wildman–Crippen MR) is 47.7 cm³/mol. The van der Waals surface area contributed by atoms with E-state index in [0.29, 0.717) is 12.4 Å². The normalized spacial score (nSPS) is 9.38. The number of aryl methyl sites for hydroxylation is 1. The van der Waals surface area contributed by atoms with Gasteiger partial charge in [0, 0.05) is 0 Å². The summed E-state index contributed by atoms with van der Waals surface area (Å²) in [4.78, 5) is 10.9. The second-order valence-electron chi connectivity index (χ2n) is 2.44. The molecule has 0 N–H and O–H groups in total. The fourth-order valence-corrected chi connectivity index (χ4v) is 0.852. The molecule has 0 amide bonds. The van der Waals surface area contributed by atoms with Gasteiger partial charge < -0.3 is 9.47 Å². The maximum Gasteiger partial charge on any atom is 0.513 e. The SMILES string of the molecule is CCOC(=O)Oc1ccc[c]c1C. The molecule has 0 atom stereocenters. The Morgan fingerprint density at radius 3 is 3.00 bits per heavy atom. The van der Waals surface area contributed by atoms with E-state index in [-0.39, 0.29) is 0 Å². The number of benzene rings is 1. The smallest absolute Gasteiger partial charge is 0.434 e. The van der Waals surface area contributed by atoms with Gasteiger partial charge in [-0.15, -0.1) is 0 Å². The van der Waals surface area contributed by atoms with Crippen molar-refractivity contribution in [2.24, 2.45) is 0 Å². The minimum atomic E-state index is -0.676. The van der Waals surface area contributed by atoms with E-state index in [0.717, 1.165) is 5.56 Å². The molecule has 0 fully saturated rings. The topological polar surface area (TPSA) is 35.5 Å². The molecule has 0 unspecified atom stereocenters. The van der Waals surface area contributed by atoms with Gasteiger partial charge >= 0.3 is 6.16 Å². The quantitative estimate of drug-likeness (QED) is 0.516.